The fourth-order valence-electron chi connectivity index (χ4n) is 1.68. The van der Waals surface area contributed by atoms with Crippen molar-refractivity contribution >= 4 is 5.84 Å². The molecule has 0 fully saturated rings. The van der Waals surface area contributed by atoms with Crippen LogP contribution in [0.4, 0.5) is 0 Å². The monoisotopic (exact) mass is 250 g/mol. The number of amidine groups is 1. The zero-order valence-corrected chi connectivity index (χ0v) is 11.3. The maximum Gasteiger partial charge on any atom is 0.142 e. The van der Waals surface area contributed by atoms with Crippen LogP contribution in [0.1, 0.15) is 45.1 Å². The summed E-state index contributed by atoms with van der Waals surface area (Å²) in [6.07, 6.45) is 1.17. The molecule has 0 spiro atoms. The van der Waals surface area contributed by atoms with E-state index < -0.39 is 0 Å². The van der Waals surface area contributed by atoms with Crippen molar-refractivity contribution in [3.8, 4) is 5.75 Å². The Bertz CT molecular complexity index is 403. The minimum atomic E-state index is -0.0664. The second kappa shape index (κ2) is 6.89. The Balaban J connectivity index is 2.72. The molecule has 0 aliphatic heterocycles. The van der Waals surface area contributed by atoms with Crippen LogP contribution in [0.3, 0.4) is 0 Å². The molecule has 1 aromatic carbocycles. The molecule has 0 aromatic heterocycles. The lowest BCUT2D eigenvalue weighted by atomic mass is 10.0. The molecular formula is C14H22N2O2. The van der Waals surface area contributed by atoms with Gasteiger partial charge in [-0.05, 0) is 30.0 Å². The van der Waals surface area contributed by atoms with Gasteiger partial charge >= 0.3 is 0 Å². The van der Waals surface area contributed by atoms with E-state index in [2.05, 4.69) is 25.1 Å². The molecule has 0 heterocycles. The van der Waals surface area contributed by atoms with E-state index in [1.54, 1.807) is 0 Å². The lowest BCUT2D eigenvalue weighted by Gasteiger charge is -2.18. The maximum absolute atomic E-state index is 8.57. The molecule has 0 saturated carbocycles. The summed E-state index contributed by atoms with van der Waals surface area (Å²) in [5.41, 5.74) is 6.74. The normalized spacial score (nSPS) is 13.7. The summed E-state index contributed by atoms with van der Waals surface area (Å²) in [7, 11) is 0. The van der Waals surface area contributed by atoms with Crippen molar-refractivity contribution < 1.29 is 9.94 Å². The minimum Gasteiger partial charge on any atom is -0.490 e. The lowest BCUT2D eigenvalue weighted by molar-refractivity contribution is 0.202. The average molecular weight is 250 g/mol. The number of hydrogen-bond acceptors (Lipinski definition) is 3. The van der Waals surface area contributed by atoms with E-state index in [4.69, 9.17) is 15.7 Å². The quantitative estimate of drug-likeness (QED) is 0.353. The van der Waals surface area contributed by atoms with Gasteiger partial charge in [0, 0.05) is 6.42 Å². The molecular weight excluding hydrogens is 228 g/mol. The Morgan fingerprint density at radius 1 is 1.44 bits per heavy atom. The third-order valence-electron chi connectivity index (χ3n) is 2.85. The summed E-state index contributed by atoms with van der Waals surface area (Å²) < 4.78 is 5.86. The van der Waals surface area contributed by atoms with Crippen LogP contribution in [0, 0.1) is 0 Å². The highest BCUT2D eigenvalue weighted by atomic mass is 16.5. The Hall–Kier alpha value is -1.71. The molecule has 3 N–H and O–H groups in total. The largest absolute Gasteiger partial charge is 0.490 e. The van der Waals surface area contributed by atoms with Crippen molar-refractivity contribution in [1.82, 2.24) is 0 Å². The van der Waals surface area contributed by atoms with Gasteiger partial charge in [-0.1, -0.05) is 38.1 Å². The number of oxime groups is 1. The molecule has 4 nitrogen and oxygen atoms in total. The molecule has 1 aromatic rings. The standard InChI is InChI=1S/C14H22N2O2/c1-4-12(9-14(15)16-17)18-13-7-5-6-11(8-13)10(2)3/h5-8,10,12,17H,4,9H2,1-3H3,(H2,15,16). The number of benzene rings is 1. The summed E-state index contributed by atoms with van der Waals surface area (Å²) in [6, 6.07) is 8.04. The molecule has 0 bridgehead atoms. The van der Waals surface area contributed by atoms with E-state index in [-0.39, 0.29) is 11.9 Å². The van der Waals surface area contributed by atoms with Crippen LogP contribution in [-0.2, 0) is 0 Å². The maximum atomic E-state index is 8.57. The first-order valence-corrected chi connectivity index (χ1v) is 6.29. The van der Waals surface area contributed by atoms with Crippen molar-refractivity contribution in [2.45, 2.75) is 45.6 Å². The Morgan fingerprint density at radius 3 is 2.72 bits per heavy atom. The summed E-state index contributed by atoms with van der Waals surface area (Å²) in [6.45, 7) is 6.31. The zero-order valence-electron chi connectivity index (χ0n) is 11.3. The first-order valence-electron chi connectivity index (χ1n) is 6.29. The Labute approximate surface area is 108 Å². The highest BCUT2D eigenvalue weighted by Crippen LogP contribution is 2.22. The van der Waals surface area contributed by atoms with Crippen molar-refractivity contribution in [3.05, 3.63) is 29.8 Å². The van der Waals surface area contributed by atoms with Gasteiger partial charge < -0.3 is 15.7 Å². The molecule has 0 aliphatic rings. The van der Waals surface area contributed by atoms with Crippen LogP contribution in [0.15, 0.2) is 29.4 Å². The summed E-state index contributed by atoms with van der Waals surface area (Å²) in [4.78, 5) is 0. The molecule has 18 heavy (non-hydrogen) atoms. The highest BCUT2D eigenvalue weighted by molar-refractivity contribution is 5.80. The van der Waals surface area contributed by atoms with Gasteiger partial charge in [0.15, 0.2) is 0 Å². The zero-order chi connectivity index (χ0) is 13.5. The van der Waals surface area contributed by atoms with Crippen molar-refractivity contribution in [3.63, 3.8) is 0 Å². The van der Waals surface area contributed by atoms with Gasteiger partial charge in [-0.3, -0.25) is 0 Å². The fourth-order valence-corrected chi connectivity index (χ4v) is 1.68. The predicted octanol–water partition coefficient (Wildman–Crippen LogP) is 3.10. The van der Waals surface area contributed by atoms with Gasteiger partial charge in [0.1, 0.15) is 17.7 Å². The van der Waals surface area contributed by atoms with Gasteiger partial charge in [-0.15, -0.1) is 0 Å². The number of nitrogens with zero attached hydrogens (tertiary/aromatic N) is 1. The number of rotatable bonds is 6. The average Bonchev–Trinajstić information content (AvgIpc) is 2.38. The Kier molecular flexibility index (Phi) is 5.49. The topological polar surface area (TPSA) is 67.8 Å². The van der Waals surface area contributed by atoms with E-state index >= 15 is 0 Å². The van der Waals surface area contributed by atoms with E-state index in [1.807, 2.05) is 25.1 Å². The number of ether oxygens (including phenoxy) is 1. The number of nitrogens with two attached hydrogens (primary N) is 1. The van der Waals surface area contributed by atoms with Crippen LogP contribution in [0.25, 0.3) is 0 Å². The van der Waals surface area contributed by atoms with Crippen molar-refractivity contribution in [2.75, 3.05) is 0 Å². The van der Waals surface area contributed by atoms with E-state index in [0.29, 0.717) is 12.3 Å². The second-order valence-corrected chi connectivity index (χ2v) is 4.67. The Morgan fingerprint density at radius 2 is 2.17 bits per heavy atom. The highest BCUT2D eigenvalue weighted by Gasteiger charge is 2.11. The second-order valence-electron chi connectivity index (χ2n) is 4.67. The first kappa shape index (κ1) is 14.4. The third-order valence-corrected chi connectivity index (χ3v) is 2.85. The lowest BCUT2D eigenvalue weighted by Crippen LogP contribution is -2.24. The van der Waals surface area contributed by atoms with Gasteiger partial charge in [0.25, 0.3) is 0 Å². The molecule has 4 heteroatoms. The summed E-state index contributed by atoms with van der Waals surface area (Å²) in [5.74, 6) is 1.50. The van der Waals surface area contributed by atoms with Gasteiger partial charge in [0.05, 0.1) is 0 Å². The molecule has 0 radical (unpaired) electrons. The summed E-state index contributed by atoms with van der Waals surface area (Å²) in [5, 5.41) is 11.5. The fraction of sp³-hybridized carbons (Fsp3) is 0.500. The van der Waals surface area contributed by atoms with Crippen LogP contribution >= 0.6 is 0 Å². The van der Waals surface area contributed by atoms with Crippen LogP contribution in [-0.4, -0.2) is 17.1 Å². The van der Waals surface area contributed by atoms with Gasteiger partial charge in [0.2, 0.25) is 0 Å². The molecule has 0 saturated heterocycles. The first-order chi connectivity index (χ1) is 8.56. The van der Waals surface area contributed by atoms with Crippen LogP contribution in [0.2, 0.25) is 0 Å². The third kappa shape index (κ3) is 4.28. The molecule has 1 rings (SSSR count). The van der Waals surface area contributed by atoms with Crippen LogP contribution in [0.5, 0.6) is 5.75 Å². The minimum absolute atomic E-state index is 0.0664. The van der Waals surface area contributed by atoms with Gasteiger partial charge in [-0.2, -0.15) is 0 Å². The molecule has 0 aliphatic carbocycles. The molecule has 1 unspecified atom stereocenters. The molecule has 1 atom stereocenters. The molecule has 100 valence electrons. The molecule has 0 amide bonds. The van der Waals surface area contributed by atoms with E-state index in [1.165, 1.54) is 5.56 Å². The smallest absolute Gasteiger partial charge is 0.142 e. The van der Waals surface area contributed by atoms with E-state index in [0.717, 1.165) is 12.2 Å². The van der Waals surface area contributed by atoms with Crippen LogP contribution < -0.4 is 10.5 Å². The van der Waals surface area contributed by atoms with E-state index in [9.17, 15) is 0 Å². The van der Waals surface area contributed by atoms with Gasteiger partial charge in [-0.25, -0.2) is 0 Å². The van der Waals surface area contributed by atoms with Crippen molar-refractivity contribution in [2.24, 2.45) is 10.9 Å². The predicted molar refractivity (Wildman–Crippen MR) is 73.3 cm³/mol. The number of hydrogen-bond donors (Lipinski definition) is 2. The van der Waals surface area contributed by atoms with Crippen molar-refractivity contribution in [1.29, 1.82) is 0 Å². The SMILES string of the molecule is CCC(C/C(N)=N/O)Oc1cccc(C(C)C)c1. The summed E-state index contributed by atoms with van der Waals surface area (Å²) >= 11 is 0.